The van der Waals surface area contributed by atoms with Crippen LogP contribution in [-0.2, 0) is 5.41 Å². The van der Waals surface area contributed by atoms with Crippen LogP contribution >= 0.6 is 0 Å². The summed E-state index contributed by atoms with van der Waals surface area (Å²) < 4.78 is 11.4. The molecule has 0 aromatic heterocycles. The van der Waals surface area contributed by atoms with Crippen molar-refractivity contribution in [3.63, 3.8) is 0 Å². The topological polar surface area (TPSA) is 66.3 Å². The molecule has 1 saturated heterocycles. The summed E-state index contributed by atoms with van der Waals surface area (Å²) in [4.78, 5) is 7.01. The predicted molar refractivity (Wildman–Crippen MR) is 97.2 cm³/mol. The van der Waals surface area contributed by atoms with Crippen molar-refractivity contribution in [3.05, 3.63) is 17.7 Å². The molecule has 1 aromatic carbocycles. The van der Waals surface area contributed by atoms with Crippen LogP contribution in [-0.4, -0.2) is 62.3 Å². The lowest BCUT2D eigenvalue weighted by Crippen LogP contribution is -2.45. The normalized spacial score (nSPS) is 21.8. The summed E-state index contributed by atoms with van der Waals surface area (Å²) in [5.74, 6) is 2.42. The lowest BCUT2D eigenvalue weighted by atomic mass is 9.64. The van der Waals surface area contributed by atoms with E-state index in [2.05, 4.69) is 16.3 Å². The Labute approximate surface area is 148 Å². The fourth-order valence-corrected chi connectivity index (χ4v) is 4.09. The van der Waals surface area contributed by atoms with Gasteiger partial charge in [0, 0.05) is 19.7 Å². The highest BCUT2D eigenvalue weighted by atomic mass is 16.5. The summed E-state index contributed by atoms with van der Waals surface area (Å²) in [7, 11) is 3.60. The van der Waals surface area contributed by atoms with Crippen molar-refractivity contribution in [1.29, 1.82) is 0 Å². The quantitative estimate of drug-likeness (QED) is 0.823. The molecule has 1 saturated carbocycles. The van der Waals surface area contributed by atoms with Crippen LogP contribution in [0, 0.1) is 0 Å². The van der Waals surface area contributed by atoms with Gasteiger partial charge < -0.3 is 24.8 Å². The van der Waals surface area contributed by atoms with Gasteiger partial charge in [-0.15, -0.1) is 0 Å². The molecule has 6 nitrogen and oxygen atoms in total. The minimum absolute atomic E-state index is 0.0346. The molecule has 1 aliphatic carbocycles. The minimum Gasteiger partial charge on any atom is -0.493 e. The highest BCUT2D eigenvalue weighted by Crippen LogP contribution is 2.54. The molecule has 0 radical (unpaired) electrons. The van der Waals surface area contributed by atoms with Crippen molar-refractivity contribution >= 4 is 11.5 Å². The Bertz CT molecular complexity index is 681. The van der Waals surface area contributed by atoms with E-state index in [1.807, 2.05) is 13.1 Å². The van der Waals surface area contributed by atoms with Gasteiger partial charge in [0.15, 0.2) is 11.5 Å². The van der Waals surface area contributed by atoms with Gasteiger partial charge >= 0.3 is 0 Å². The molecule has 1 spiro atoms. The summed E-state index contributed by atoms with van der Waals surface area (Å²) in [5, 5.41) is 13.4. The Hall–Kier alpha value is -1.79. The third kappa shape index (κ3) is 2.77. The van der Waals surface area contributed by atoms with Gasteiger partial charge in [0.05, 0.1) is 18.2 Å². The van der Waals surface area contributed by atoms with Crippen molar-refractivity contribution in [2.45, 2.75) is 37.2 Å². The van der Waals surface area contributed by atoms with Gasteiger partial charge in [-0.25, -0.2) is 4.99 Å². The summed E-state index contributed by atoms with van der Waals surface area (Å²) in [6.07, 6.45) is 4.20. The molecule has 2 heterocycles. The number of rotatable bonds is 6. The second-order valence-electron chi connectivity index (χ2n) is 7.29. The van der Waals surface area contributed by atoms with Crippen molar-refractivity contribution in [3.8, 4) is 11.5 Å². The number of aliphatic hydroxyl groups excluding tert-OH is 1. The molecular weight excluding hydrogens is 318 g/mol. The molecule has 1 atom stereocenters. The molecule has 0 amide bonds. The number of nitrogens with one attached hydrogen (secondary N) is 1. The number of methoxy groups -OCH3 is 1. The van der Waals surface area contributed by atoms with E-state index in [0.29, 0.717) is 18.0 Å². The summed E-state index contributed by atoms with van der Waals surface area (Å²) >= 11 is 0. The standard InChI is InChI=1S/C19H27N3O3/c1-20-18-19(5-3-6-19)14-9-16(24-2)17(10-15(14)21-18)25-12-13(23)11-22-7-4-8-22/h9-10,13,23H,3-8,11-12H2,1-2H3,(H,20,21)/t13-/m1/s1. The zero-order valence-corrected chi connectivity index (χ0v) is 15.0. The van der Waals surface area contributed by atoms with E-state index in [0.717, 1.165) is 37.5 Å². The number of benzene rings is 1. The molecule has 2 N–H and O–H groups in total. The van der Waals surface area contributed by atoms with Crippen molar-refractivity contribution in [2.75, 3.05) is 40.4 Å². The van der Waals surface area contributed by atoms with Gasteiger partial charge in [-0.2, -0.15) is 0 Å². The van der Waals surface area contributed by atoms with Crippen LogP contribution in [0.2, 0.25) is 0 Å². The van der Waals surface area contributed by atoms with Crippen LogP contribution in [0.15, 0.2) is 17.1 Å². The van der Waals surface area contributed by atoms with Gasteiger partial charge in [-0.05, 0) is 44.0 Å². The van der Waals surface area contributed by atoms with Crippen LogP contribution < -0.4 is 14.8 Å². The first-order valence-corrected chi connectivity index (χ1v) is 9.19. The Morgan fingerprint density at radius 1 is 1.28 bits per heavy atom. The number of hydrogen-bond acceptors (Lipinski definition) is 6. The number of amidine groups is 1. The first-order chi connectivity index (χ1) is 12.2. The SMILES string of the molecule is CNC1=Nc2cc(OC[C@H](O)CN3CCC3)c(OC)cc2C12CCC2. The van der Waals surface area contributed by atoms with Gasteiger partial charge in [-0.3, -0.25) is 0 Å². The number of β-amino-alcohol motifs (C(OH)–C–C–N with tert-alkyl or cyclic N) is 1. The Balaban J connectivity index is 1.52. The smallest absolute Gasteiger partial charge is 0.163 e. The zero-order chi connectivity index (χ0) is 17.4. The van der Waals surface area contributed by atoms with Crippen molar-refractivity contribution in [2.24, 2.45) is 4.99 Å². The maximum Gasteiger partial charge on any atom is 0.163 e. The lowest BCUT2D eigenvalue weighted by molar-refractivity contribution is 0.0460. The summed E-state index contributed by atoms with van der Waals surface area (Å²) in [6, 6.07) is 4.02. The molecule has 0 bridgehead atoms. The van der Waals surface area contributed by atoms with E-state index in [-0.39, 0.29) is 12.0 Å². The molecule has 25 heavy (non-hydrogen) atoms. The first-order valence-electron chi connectivity index (χ1n) is 9.19. The monoisotopic (exact) mass is 345 g/mol. The van der Waals surface area contributed by atoms with Gasteiger partial charge in [0.1, 0.15) is 18.5 Å². The van der Waals surface area contributed by atoms with Crippen LogP contribution in [0.3, 0.4) is 0 Å². The van der Waals surface area contributed by atoms with Gasteiger partial charge in [0.2, 0.25) is 0 Å². The van der Waals surface area contributed by atoms with Crippen LogP contribution in [0.25, 0.3) is 0 Å². The van der Waals surface area contributed by atoms with E-state index in [9.17, 15) is 5.11 Å². The van der Waals surface area contributed by atoms with E-state index >= 15 is 0 Å². The van der Waals surface area contributed by atoms with E-state index in [4.69, 9.17) is 14.5 Å². The fourth-order valence-electron chi connectivity index (χ4n) is 4.09. The highest BCUT2D eigenvalue weighted by Gasteiger charge is 2.48. The second kappa shape index (κ2) is 6.50. The van der Waals surface area contributed by atoms with Crippen molar-refractivity contribution in [1.82, 2.24) is 10.2 Å². The number of nitrogens with zero attached hydrogens (tertiary/aromatic N) is 2. The molecule has 0 unspecified atom stereocenters. The van der Waals surface area contributed by atoms with Crippen LogP contribution in [0.1, 0.15) is 31.2 Å². The Morgan fingerprint density at radius 3 is 2.64 bits per heavy atom. The predicted octanol–water partition coefficient (Wildman–Crippen LogP) is 1.83. The summed E-state index contributed by atoms with van der Waals surface area (Å²) in [6.45, 7) is 3.07. The maximum atomic E-state index is 10.2. The number of ether oxygens (including phenoxy) is 2. The third-order valence-electron chi connectivity index (χ3n) is 5.78. The number of likely N-dealkylation sites (N-methyl/N-ethyl adjacent to an activating group) is 1. The minimum atomic E-state index is -0.493. The summed E-state index contributed by atoms with van der Waals surface area (Å²) in [5.41, 5.74) is 2.22. The van der Waals surface area contributed by atoms with Crippen molar-refractivity contribution < 1.29 is 14.6 Å². The maximum absolute atomic E-state index is 10.2. The lowest BCUT2D eigenvalue weighted by Gasteiger charge is -2.40. The van der Waals surface area contributed by atoms with Crippen LogP contribution in [0.4, 0.5) is 5.69 Å². The molecule has 1 aromatic rings. The fraction of sp³-hybridized carbons (Fsp3) is 0.632. The number of fused-ring (bicyclic) bond motifs is 2. The van der Waals surface area contributed by atoms with Gasteiger partial charge in [0.25, 0.3) is 0 Å². The number of hydrogen-bond donors (Lipinski definition) is 2. The van der Waals surface area contributed by atoms with E-state index < -0.39 is 6.10 Å². The van der Waals surface area contributed by atoms with Crippen LogP contribution in [0.5, 0.6) is 11.5 Å². The Morgan fingerprint density at radius 2 is 2.08 bits per heavy atom. The molecule has 2 fully saturated rings. The second-order valence-corrected chi connectivity index (χ2v) is 7.29. The van der Waals surface area contributed by atoms with E-state index in [1.54, 1.807) is 7.11 Å². The molecule has 2 aliphatic heterocycles. The number of likely N-dealkylation sites (tertiary alicyclic amines) is 1. The molecular formula is C19H27N3O3. The number of aliphatic imine (C=N–C) groups is 1. The molecule has 4 rings (SSSR count). The average Bonchev–Trinajstić information content (AvgIpc) is 2.88. The zero-order valence-electron chi connectivity index (χ0n) is 15.0. The van der Waals surface area contributed by atoms with E-state index in [1.165, 1.54) is 18.4 Å². The molecule has 136 valence electrons. The highest BCUT2D eigenvalue weighted by molar-refractivity contribution is 6.01. The molecule has 6 heteroatoms. The Kier molecular flexibility index (Phi) is 4.33. The first kappa shape index (κ1) is 16.7. The van der Waals surface area contributed by atoms with Gasteiger partial charge in [-0.1, -0.05) is 6.42 Å². The largest absolute Gasteiger partial charge is 0.493 e. The average molecular weight is 345 g/mol. The third-order valence-corrected chi connectivity index (χ3v) is 5.78. The molecule has 3 aliphatic rings. The number of aliphatic hydroxyl groups is 1.